The average molecular weight is 174 g/mol. The smallest absolute Gasteiger partial charge is 0.0487 e. The number of H-pyrrole nitrogens is 1. The second-order valence-corrected chi connectivity index (χ2v) is 3.36. The maximum absolute atomic E-state index is 4.09. The van der Waals surface area contributed by atoms with Crippen molar-refractivity contribution >= 4 is 10.9 Å². The lowest BCUT2D eigenvalue weighted by Crippen LogP contribution is -1.82. The molecule has 2 aromatic heterocycles. The van der Waals surface area contributed by atoms with Crippen LogP contribution in [0.4, 0.5) is 0 Å². The van der Waals surface area contributed by atoms with Crippen LogP contribution >= 0.6 is 0 Å². The van der Waals surface area contributed by atoms with Gasteiger partial charge in [-0.15, -0.1) is 0 Å². The molecule has 0 aromatic carbocycles. The highest BCUT2D eigenvalue weighted by molar-refractivity contribution is 5.79. The lowest BCUT2D eigenvalue weighted by atomic mass is 10.2. The molecule has 0 radical (unpaired) electrons. The molecule has 0 unspecified atom stereocenters. The molecule has 2 nitrogen and oxygen atoms in total. The van der Waals surface area contributed by atoms with Crippen LogP contribution in [0.2, 0.25) is 0 Å². The third kappa shape index (κ3) is 1.72. The quantitative estimate of drug-likeness (QED) is 0.761. The Labute approximate surface area is 78.0 Å². The Morgan fingerprint density at radius 3 is 3.15 bits per heavy atom. The molecule has 0 atom stereocenters. The molecule has 68 valence electrons. The Bertz CT molecular complexity index is 357. The first kappa shape index (κ1) is 8.30. The molecule has 2 heteroatoms. The highest BCUT2D eigenvalue weighted by atomic mass is 14.7. The molecular formula is C11H14N2. The van der Waals surface area contributed by atoms with Crippen LogP contribution in [0.1, 0.15) is 25.5 Å². The standard InChI is InChI=1S/C11H14N2/c1-2-3-4-10-7-9-8-12-6-5-11(9)13-10/h5-8,13H,2-4H2,1H3. The third-order valence-electron chi connectivity index (χ3n) is 2.28. The van der Waals surface area contributed by atoms with Crippen LogP contribution in [0.25, 0.3) is 10.9 Å². The predicted octanol–water partition coefficient (Wildman–Crippen LogP) is 2.91. The van der Waals surface area contributed by atoms with Crippen molar-refractivity contribution < 1.29 is 0 Å². The summed E-state index contributed by atoms with van der Waals surface area (Å²) in [6.07, 6.45) is 7.36. The van der Waals surface area contributed by atoms with Gasteiger partial charge in [0.15, 0.2) is 0 Å². The maximum Gasteiger partial charge on any atom is 0.0487 e. The Hall–Kier alpha value is -1.31. The summed E-state index contributed by atoms with van der Waals surface area (Å²) >= 11 is 0. The zero-order valence-electron chi connectivity index (χ0n) is 7.88. The molecule has 0 amide bonds. The second kappa shape index (κ2) is 3.60. The minimum Gasteiger partial charge on any atom is -0.358 e. The highest BCUT2D eigenvalue weighted by Gasteiger charge is 1.98. The number of aryl methyl sites for hydroxylation is 1. The number of nitrogens with one attached hydrogen (secondary N) is 1. The van der Waals surface area contributed by atoms with Crippen LogP contribution in [0.5, 0.6) is 0 Å². The Kier molecular flexibility index (Phi) is 2.30. The van der Waals surface area contributed by atoms with Crippen molar-refractivity contribution in [2.24, 2.45) is 0 Å². The van der Waals surface area contributed by atoms with Crippen LogP contribution in [0.3, 0.4) is 0 Å². The Morgan fingerprint density at radius 2 is 2.38 bits per heavy atom. The number of rotatable bonds is 3. The van der Waals surface area contributed by atoms with Crippen molar-refractivity contribution in [2.45, 2.75) is 26.2 Å². The molecule has 2 heterocycles. The van der Waals surface area contributed by atoms with E-state index >= 15 is 0 Å². The molecule has 0 bridgehead atoms. The SMILES string of the molecule is CCCCc1cc2cnccc2[nH]1. The lowest BCUT2D eigenvalue weighted by molar-refractivity contribution is 0.782. The van der Waals surface area contributed by atoms with E-state index < -0.39 is 0 Å². The van der Waals surface area contributed by atoms with E-state index in [2.05, 4.69) is 23.0 Å². The highest BCUT2D eigenvalue weighted by Crippen LogP contribution is 2.14. The first-order valence-corrected chi connectivity index (χ1v) is 4.82. The number of pyridine rings is 1. The number of hydrogen-bond donors (Lipinski definition) is 1. The van der Waals surface area contributed by atoms with Gasteiger partial charge in [-0.2, -0.15) is 0 Å². The van der Waals surface area contributed by atoms with Gasteiger partial charge in [0.1, 0.15) is 0 Å². The first-order valence-electron chi connectivity index (χ1n) is 4.82. The van der Waals surface area contributed by atoms with E-state index in [0.717, 1.165) is 6.42 Å². The van der Waals surface area contributed by atoms with Gasteiger partial charge in [-0.05, 0) is 25.0 Å². The number of hydrogen-bond acceptors (Lipinski definition) is 1. The van der Waals surface area contributed by atoms with Crippen LogP contribution in [-0.4, -0.2) is 9.97 Å². The lowest BCUT2D eigenvalue weighted by Gasteiger charge is -1.92. The summed E-state index contributed by atoms with van der Waals surface area (Å²) in [5, 5.41) is 1.22. The predicted molar refractivity (Wildman–Crippen MR) is 54.7 cm³/mol. The summed E-state index contributed by atoms with van der Waals surface area (Å²) in [7, 11) is 0. The normalized spacial score (nSPS) is 10.8. The molecule has 1 N–H and O–H groups in total. The van der Waals surface area contributed by atoms with E-state index in [9.17, 15) is 0 Å². The van der Waals surface area contributed by atoms with Crippen LogP contribution in [0, 0.1) is 0 Å². The van der Waals surface area contributed by atoms with Crippen molar-refractivity contribution in [1.29, 1.82) is 0 Å². The number of aromatic nitrogens is 2. The number of nitrogens with zero attached hydrogens (tertiary/aromatic N) is 1. The van der Waals surface area contributed by atoms with Crippen molar-refractivity contribution in [2.75, 3.05) is 0 Å². The molecule has 0 fully saturated rings. The monoisotopic (exact) mass is 174 g/mol. The van der Waals surface area contributed by atoms with Crippen LogP contribution in [0.15, 0.2) is 24.5 Å². The van der Waals surface area contributed by atoms with Gasteiger partial charge in [-0.25, -0.2) is 0 Å². The second-order valence-electron chi connectivity index (χ2n) is 3.36. The van der Waals surface area contributed by atoms with Gasteiger partial charge in [0, 0.05) is 29.0 Å². The van der Waals surface area contributed by atoms with Crippen molar-refractivity contribution in [3.63, 3.8) is 0 Å². The summed E-state index contributed by atoms with van der Waals surface area (Å²) in [4.78, 5) is 7.48. The van der Waals surface area contributed by atoms with Gasteiger partial charge < -0.3 is 4.98 Å². The fourth-order valence-corrected chi connectivity index (χ4v) is 1.53. The van der Waals surface area contributed by atoms with E-state index in [0.29, 0.717) is 0 Å². The van der Waals surface area contributed by atoms with Gasteiger partial charge >= 0.3 is 0 Å². The molecule has 13 heavy (non-hydrogen) atoms. The summed E-state index contributed by atoms with van der Waals surface area (Å²) < 4.78 is 0. The topological polar surface area (TPSA) is 28.7 Å². The van der Waals surface area contributed by atoms with Crippen molar-refractivity contribution in [3.05, 3.63) is 30.2 Å². The maximum atomic E-state index is 4.09. The molecule has 0 aliphatic heterocycles. The van der Waals surface area contributed by atoms with Crippen LogP contribution in [-0.2, 0) is 6.42 Å². The van der Waals surface area contributed by atoms with Gasteiger partial charge in [0.25, 0.3) is 0 Å². The van der Waals surface area contributed by atoms with Crippen molar-refractivity contribution in [1.82, 2.24) is 9.97 Å². The minimum absolute atomic E-state index is 1.14. The van der Waals surface area contributed by atoms with Gasteiger partial charge in [0.05, 0.1) is 0 Å². The van der Waals surface area contributed by atoms with Crippen LogP contribution < -0.4 is 0 Å². The third-order valence-corrected chi connectivity index (χ3v) is 2.28. The number of aromatic amines is 1. The molecule has 0 aliphatic rings. The van der Waals surface area contributed by atoms with Gasteiger partial charge in [-0.1, -0.05) is 13.3 Å². The summed E-state index contributed by atoms with van der Waals surface area (Å²) in [5.74, 6) is 0. The van der Waals surface area contributed by atoms with E-state index in [-0.39, 0.29) is 0 Å². The largest absolute Gasteiger partial charge is 0.358 e. The summed E-state index contributed by atoms with van der Waals surface area (Å²) in [6, 6.07) is 4.21. The zero-order chi connectivity index (χ0) is 9.10. The van der Waals surface area contributed by atoms with Gasteiger partial charge in [-0.3, -0.25) is 4.98 Å². The Balaban J connectivity index is 2.28. The van der Waals surface area contributed by atoms with Gasteiger partial charge in [0.2, 0.25) is 0 Å². The van der Waals surface area contributed by atoms with E-state index in [4.69, 9.17) is 0 Å². The molecule has 0 spiro atoms. The molecule has 2 rings (SSSR count). The van der Waals surface area contributed by atoms with E-state index in [1.807, 2.05) is 18.5 Å². The molecule has 2 aromatic rings. The first-order chi connectivity index (χ1) is 6.40. The number of unbranched alkanes of at least 4 members (excludes halogenated alkanes) is 1. The molecule has 0 aliphatic carbocycles. The fourth-order valence-electron chi connectivity index (χ4n) is 1.53. The molecule has 0 saturated carbocycles. The Morgan fingerprint density at radius 1 is 1.46 bits per heavy atom. The molecule has 0 saturated heterocycles. The van der Waals surface area contributed by atoms with E-state index in [1.54, 1.807) is 0 Å². The number of fused-ring (bicyclic) bond motifs is 1. The van der Waals surface area contributed by atoms with E-state index in [1.165, 1.54) is 29.4 Å². The average Bonchev–Trinajstić information content (AvgIpc) is 2.57. The minimum atomic E-state index is 1.14. The fraction of sp³-hybridized carbons (Fsp3) is 0.364. The van der Waals surface area contributed by atoms with Crippen molar-refractivity contribution in [3.8, 4) is 0 Å². The summed E-state index contributed by atoms with van der Waals surface area (Å²) in [6.45, 7) is 2.21. The zero-order valence-corrected chi connectivity index (χ0v) is 7.88. The molecular weight excluding hydrogens is 160 g/mol. The summed E-state index contributed by atoms with van der Waals surface area (Å²) in [5.41, 5.74) is 2.52.